The van der Waals surface area contributed by atoms with Gasteiger partial charge < -0.3 is 5.11 Å². The maximum absolute atomic E-state index is 12.6. The predicted octanol–water partition coefficient (Wildman–Crippen LogP) is 4.49. The van der Waals surface area contributed by atoms with Crippen LogP contribution in [0.25, 0.3) is 6.08 Å². The van der Waals surface area contributed by atoms with Gasteiger partial charge in [-0.3, -0.25) is 4.79 Å². The summed E-state index contributed by atoms with van der Waals surface area (Å²) in [6.07, 6.45) is 8.19. The van der Waals surface area contributed by atoms with Crippen LogP contribution in [-0.2, 0) is 4.79 Å². The minimum absolute atomic E-state index is 0.0329. The van der Waals surface area contributed by atoms with Crippen molar-refractivity contribution in [1.29, 1.82) is 0 Å². The zero-order valence-electron chi connectivity index (χ0n) is 14.0. The molecule has 0 heterocycles. The van der Waals surface area contributed by atoms with E-state index in [1.807, 2.05) is 6.08 Å². The molecule has 0 bridgehead atoms. The highest BCUT2D eigenvalue weighted by molar-refractivity contribution is 7.98. The number of carbonyl (C=O) groups excluding carboxylic acids is 1. The monoisotopic (exact) mass is 328 g/mol. The predicted molar refractivity (Wildman–Crippen MR) is 96.4 cm³/mol. The summed E-state index contributed by atoms with van der Waals surface area (Å²) in [6, 6.07) is 8.26. The van der Waals surface area contributed by atoms with Crippen LogP contribution in [0.15, 0.2) is 46.4 Å². The average Bonchev–Trinajstić information content (AvgIpc) is 2.55. The highest BCUT2D eigenvalue weighted by Crippen LogP contribution is 2.51. The summed E-state index contributed by atoms with van der Waals surface area (Å²) in [4.78, 5) is 13.8. The number of aliphatic hydroxyl groups is 1. The molecule has 0 spiro atoms. The van der Waals surface area contributed by atoms with Crippen LogP contribution in [0.2, 0.25) is 0 Å². The van der Waals surface area contributed by atoms with E-state index >= 15 is 0 Å². The van der Waals surface area contributed by atoms with E-state index in [-0.39, 0.29) is 23.2 Å². The lowest BCUT2D eigenvalue weighted by molar-refractivity contribution is -0.113. The van der Waals surface area contributed by atoms with Crippen LogP contribution < -0.4 is 0 Å². The molecular formula is C20H24O2S. The number of hydrogen-bond donors (Lipinski definition) is 1. The molecule has 1 fully saturated rings. The lowest BCUT2D eigenvalue weighted by Crippen LogP contribution is -2.46. The molecule has 0 aliphatic heterocycles. The van der Waals surface area contributed by atoms with Crippen molar-refractivity contribution < 1.29 is 9.90 Å². The van der Waals surface area contributed by atoms with Crippen molar-refractivity contribution in [3.63, 3.8) is 0 Å². The summed E-state index contributed by atoms with van der Waals surface area (Å²) < 4.78 is 0. The van der Waals surface area contributed by atoms with Gasteiger partial charge in [-0.1, -0.05) is 31.6 Å². The molecule has 3 rings (SSSR count). The van der Waals surface area contributed by atoms with Gasteiger partial charge in [0, 0.05) is 15.9 Å². The van der Waals surface area contributed by atoms with E-state index in [0.717, 1.165) is 36.0 Å². The van der Waals surface area contributed by atoms with Crippen LogP contribution in [0.3, 0.4) is 0 Å². The Labute approximate surface area is 142 Å². The largest absolute Gasteiger partial charge is 0.392 e. The zero-order valence-corrected chi connectivity index (χ0v) is 14.8. The van der Waals surface area contributed by atoms with Crippen molar-refractivity contribution in [3.05, 3.63) is 47.1 Å². The molecule has 1 aromatic rings. The quantitative estimate of drug-likeness (QED) is 0.642. The van der Waals surface area contributed by atoms with Gasteiger partial charge in [-0.2, -0.15) is 0 Å². The van der Waals surface area contributed by atoms with Crippen LogP contribution in [0.5, 0.6) is 0 Å². The number of allylic oxidation sites excluding steroid dienone is 2. The first kappa shape index (κ1) is 16.5. The highest BCUT2D eigenvalue weighted by Gasteiger charge is 2.48. The van der Waals surface area contributed by atoms with Crippen molar-refractivity contribution in [2.45, 2.75) is 44.1 Å². The number of fused-ring (bicyclic) bond motifs is 1. The first-order valence-corrected chi connectivity index (χ1v) is 9.48. The van der Waals surface area contributed by atoms with Crippen LogP contribution in [0, 0.1) is 11.3 Å². The Morgan fingerprint density at radius 1 is 1.30 bits per heavy atom. The van der Waals surface area contributed by atoms with Crippen LogP contribution in [0.4, 0.5) is 0 Å². The summed E-state index contributed by atoms with van der Waals surface area (Å²) >= 11 is 1.71. The Balaban J connectivity index is 2.00. The van der Waals surface area contributed by atoms with Crippen molar-refractivity contribution >= 4 is 23.6 Å². The fraction of sp³-hybridized carbons (Fsp3) is 0.450. The smallest absolute Gasteiger partial charge is 0.182 e. The molecule has 1 saturated carbocycles. The fourth-order valence-corrected chi connectivity index (χ4v) is 4.33. The molecule has 3 atom stereocenters. The van der Waals surface area contributed by atoms with Gasteiger partial charge in [0.1, 0.15) is 0 Å². The number of benzene rings is 1. The number of aliphatic hydroxyl groups excluding tert-OH is 1. The summed E-state index contributed by atoms with van der Waals surface area (Å²) in [6.45, 7) is 4.20. The first-order valence-electron chi connectivity index (χ1n) is 8.26. The van der Waals surface area contributed by atoms with Gasteiger partial charge in [-0.25, -0.2) is 0 Å². The van der Waals surface area contributed by atoms with Gasteiger partial charge in [-0.15, -0.1) is 11.8 Å². The summed E-state index contributed by atoms with van der Waals surface area (Å²) in [5.74, 6) is 0.138. The van der Waals surface area contributed by atoms with Crippen LogP contribution >= 0.6 is 11.8 Å². The van der Waals surface area contributed by atoms with E-state index in [9.17, 15) is 9.90 Å². The topological polar surface area (TPSA) is 37.3 Å². The van der Waals surface area contributed by atoms with E-state index in [1.54, 1.807) is 17.8 Å². The maximum Gasteiger partial charge on any atom is 0.182 e. The van der Waals surface area contributed by atoms with E-state index in [4.69, 9.17) is 0 Å². The second-order valence-electron chi connectivity index (χ2n) is 6.82. The summed E-state index contributed by atoms with van der Waals surface area (Å²) in [7, 11) is 0. The van der Waals surface area contributed by atoms with Gasteiger partial charge in [0.25, 0.3) is 0 Å². The summed E-state index contributed by atoms with van der Waals surface area (Å²) in [5, 5.41) is 10.6. The third kappa shape index (κ3) is 2.81. The molecule has 0 unspecified atom stereocenters. The highest BCUT2D eigenvalue weighted by atomic mass is 32.2. The molecule has 1 aromatic carbocycles. The third-order valence-electron chi connectivity index (χ3n) is 5.70. The molecule has 0 amide bonds. The molecule has 3 heteroatoms. The molecule has 23 heavy (non-hydrogen) atoms. The molecule has 1 N–H and O–H groups in total. The van der Waals surface area contributed by atoms with E-state index in [0.29, 0.717) is 0 Å². The van der Waals surface area contributed by atoms with Gasteiger partial charge in [0.15, 0.2) is 5.78 Å². The maximum atomic E-state index is 12.6. The fourth-order valence-electron chi connectivity index (χ4n) is 3.92. The van der Waals surface area contributed by atoms with E-state index in [1.165, 1.54) is 4.90 Å². The Morgan fingerprint density at radius 2 is 2.00 bits per heavy atom. The van der Waals surface area contributed by atoms with E-state index < -0.39 is 0 Å². The van der Waals surface area contributed by atoms with Gasteiger partial charge in [0.05, 0.1) is 6.10 Å². The number of hydrogen-bond acceptors (Lipinski definition) is 3. The third-order valence-corrected chi connectivity index (χ3v) is 6.45. The van der Waals surface area contributed by atoms with Gasteiger partial charge in [-0.05, 0) is 61.3 Å². The molecule has 0 saturated heterocycles. The second kappa shape index (κ2) is 6.29. The Hall–Kier alpha value is -1.32. The second-order valence-corrected chi connectivity index (χ2v) is 7.70. The number of ketones is 1. The molecule has 0 aromatic heterocycles. The van der Waals surface area contributed by atoms with Crippen LogP contribution in [0.1, 0.15) is 38.7 Å². The van der Waals surface area contributed by atoms with Crippen LogP contribution in [-0.4, -0.2) is 23.2 Å². The van der Waals surface area contributed by atoms with Crippen molar-refractivity contribution in [2.75, 3.05) is 6.26 Å². The molecular weight excluding hydrogens is 304 g/mol. The van der Waals surface area contributed by atoms with E-state index in [2.05, 4.69) is 44.4 Å². The minimum Gasteiger partial charge on any atom is -0.392 e. The number of thioether (sulfide) groups is 1. The van der Waals surface area contributed by atoms with Gasteiger partial charge >= 0.3 is 0 Å². The molecule has 2 aliphatic carbocycles. The summed E-state index contributed by atoms with van der Waals surface area (Å²) in [5.41, 5.74) is 2.68. The normalized spacial score (nSPS) is 32.6. The molecule has 122 valence electrons. The molecule has 2 aliphatic rings. The first-order chi connectivity index (χ1) is 11.0. The Bertz CT molecular complexity index is 671. The lowest BCUT2D eigenvalue weighted by Gasteiger charge is -2.48. The molecule has 2 nitrogen and oxygen atoms in total. The van der Waals surface area contributed by atoms with Crippen molar-refractivity contribution in [3.8, 4) is 0 Å². The standard InChI is InChI=1S/C20H24O2S/c1-13-17(11-14-7-9-16(23-3)10-8-14)18(21)12-15-5-4-6-19(22)20(13,15)2/h7-13,19,22H,4-6H2,1-3H3/b17-11-/t13-,19-,20-/m0/s1. The van der Waals surface area contributed by atoms with Crippen molar-refractivity contribution in [1.82, 2.24) is 0 Å². The SMILES string of the molecule is CSc1ccc(/C=C2\C(=O)C=C3CCC[C@H](O)[C@@]3(C)[C@H]2C)cc1. The minimum atomic E-state index is -0.368. The number of carbonyl (C=O) groups is 1. The molecule has 0 radical (unpaired) electrons. The zero-order chi connectivity index (χ0) is 16.6. The number of rotatable bonds is 2. The Kier molecular flexibility index (Phi) is 4.52. The average molecular weight is 328 g/mol. The van der Waals surface area contributed by atoms with Crippen molar-refractivity contribution in [2.24, 2.45) is 11.3 Å². The van der Waals surface area contributed by atoms with Gasteiger partial charge in [0.2, 0.25) is 0 Å². The Morgan fingerprint density at radius 3 is 2.65 bits per heavy atom. The lowest BCUT2D eigenvalue weighted by atomic mass is 9.57.